The molecule has 0 aliphatic heterocycles. The highest BCUT2D eigenvalue weighted by molar-refractivity contribution is 4.99. The molecule has 1 aromatic heterocycles. The molecule has 7 heteroatoms. The van der Waals surface area contributed by atoms with Crippen molar-refractivity contribution in [2.45, 2.75) is 117 Å². The van der Waals surface area contributed by atoms with Crippen LogP contribution in [0, 0.1) is 11.8 Å². The van der Waals surface area contributed by atoms with Gasteiger partial charge in [0.2, 0.25) is 0 Å². The highest BCUT2D eigenvalue weighted by Crippen LogP contribution is 2.21. The first-order valence-corrected chi connectivity index (χ1v) is 12.8. The van der Waals surface area contributed by atoms with E-state index >= 15 is 0 Å². The minimum atomic E-state index is -0.548. The molecule has 1 aromatic rings. The van der Waals surface area contributed by atoms with Gasteiger partial charge in [0, 0.05) is 0 Å². The van der Waals surface area contributed by atoms with Gasteiger partial charge in [0.25, 0.3) is 0 Å². The van der Waals surface area contributed by atoms with Crippen LogP contribution in [0.25, 0.3) is 0 Å². The minimum Gasteiger partial charge on any atom is -0.461 e. The number of nitrogens with zero attached hydrogens (tertiary/aromatic N) is 3. The van der Waals surface area contributed by atoms with Crippen LogP contribution in [0.3, 0.4) is 0 Å². The molecule has 0 fully saturated rings. The molecule has 0 aliphatic carbocycles. The van der Waals surface area contributed by atoms with Crippen LogP contribution >= 0.6 is 0 Å². The van der Waals surface area contributed by atoms with Gasteiger partial charge < -0.3 is 19.7 Å². The van der Waals surface area contributed by atoms with E-state index in [-0.39, 0.29) is 25.2 Å². The predicted octanol–water partition coefficient (Wildman–Crippen LogP) is 5.34. The van der Waals surface area contributed by atoms with Crippen LogP contribution in [0.15, 0.2) is 6.33 Å². The fraction of sp³-hybridized carbons (Fsp3) is 0.880. The monoisotopic (exact) mass is 453 g/mol. The molecule has 2 N–H and O–H groups in total. The van der Waals surface area contributed by atoms with E-state index in [0.717, 1.165) is 25.7 Å². The van der Waals surface area contributed by atoms with Crippen LogP contribution < -0.4 is 9.47 Å². The number of rotatable bonds is 20. The molecule has 0 aromatic carbocycles. The molecule has 4 atom stereocenters. The molecular weight excluding hydrogens is 406 g/mol. The molecule has 0 amide bonds. The first-order chi connectivity index (χ1) is 15.5. The second-order valence-electron chi connectivity index (χ2n) is 8.97. The minimum absolute atomic E-state index is 0.132. The maximum atomic E-state index is 10.2. The van der Waals surface area contributed by atoms with Crippen LogP contribution in [0.5, 0.6) is 12.0 Å². The van der Waals surface area contributed by atoms with E-state index in [1.165, 1.54) is 44.9 Å². The Balaban J connectivity index is 2.33. The number of aliphatic hydroxyl groups is 2. The molecule has 0 radical (unpaired) electrons. The van der Waals surface area contributed by atoms with Crippen LogP contribution in [0.2, 0.25) is 0 Å². The predicted molar refractivity (Wildman–Crippen MR) is 128 cm³/mol. The SMILES string of the molecule is CCCCC(CC)CCC(O)COc1ncnc(OCC(O)CCC(CC)CCCC)n1. The first-order valence-electron chi connectivity index (χ1n) is 12.8. The van der Waals surface area contributed by atoms with Crippen LogP contribution in [-0.4, -0.2) is 50.6 Å². The number of unbranched alkanes of at least 4 members (excludes halogenated alkanes) is 2. The molecule has 32 heavy (non-hydrogen) atoms. The molecule has 0 aliphatic rings. The first kappa shape index (κ1) is 28.6. The summed E-state index contributed by atoms with van der Waals surface area (Å²) in [5.41, 5.74) is 0. The zero-order valence-corrected chi connectivity index (χ0v) is 20.8. The quantitative estimate of drug-likeness (QED) is 0.275. The molecule has 186 valence electrons. The average molecular weight is 454 g/mol. The third-order valence-electron chi connectivity index (χ3n) is 6.24. The summed E-state index contributed by atoms with van der Waals surface area (Å²) in [7, 11) is 0. The summed E-state index contributed by atoms with van der Waals surface area (Å²) < 4.78 is 11.1. The Morgan fingerprint density at radius 2 is 1.12 bits per heavy atom. The van der Waals surface area contributed by atoms with Crippen molar-refractivity contribution in [3.8, 4) is 12.0 Å². The van der Waals surface area contributed by atoms with E-state index in [1.54, 1.807) is 0 Å². The van der Waals surface area contributed by atoms with Gasteiger partial charge in [-0.1, -0.05) is 79.1 Å². The van der Waals surface area contributed by atoms with E-state index < -0.39 is 12.2 Å². The van der Waals surface area contributed by atoms with E-state index in [1.807, 2.05) is 0 Å². The standard InChI is InChI=1S/C25H47N3O4/c1-5-9-11-20(7-3)13-15-22(29)17-31-24-26-19-27-25(28-24)32-18-23(30)16-14-21(8-4)12-10-6-2/h19-23,29-30H,5-18H2,1-4H3. The lowest BCUT2D eigenvalue weighted by molar-refractivity contribution is 0.0810. The maximum absolute atomic E-state index is 10.2. The summed E-state index contributed by atoms with van der Waals surface area (Å²) >= 11 is 0. The number of ether oxygens (including phenoxy) is 2. The summed E-state index contributed by atoms with van der Waals surface area (Å²) in [5, 5.41) is 20.5. The van der Waals surface area contributed by atoms with E-state index in [9.17, 15) is 10.2 Å². The Bertz CT molecular complexity index is 531. The number of hydrogen-bond acceptors (Lipinski definition) is 7. The number of hydrogen-bond donors (Lipinski definition) is 2. The van der Waals surface area contributed by atoms with Crippen LogP contribution in [-0.2, 0) is 0 Å². The second kappa shape index (κ2) is 18.0. The van der Waals surface area contributed by atoms with Crippen molar-refractivity contribution in [3.63, 3.8) is 0 Å². The van der Waals surface area contributed by atoms with Gasteiger partial charge in [0.1, 0.15) is 19.5 Å². The maximum Gasteiger partial charge on any atom is 0.322 e. The molecule has 0 saturated heterocycles. The van der Waals surface area contributed by atoms with Crippen molar-refractivity contribution >= 4 is 0 Å². The summed E-state index contributed by atoms with van der Waals surface area (Å²) in [6.45, 7) is 9.12. The lowest BCUT2D eigenvalue weighted by atomic mass is 9.93. The Kier molecular flexibility index (Phi) is 16.1. The van der Waals surface area contributed by atoms with Crippen LogP contribution in [0.1, 0.15) is 105 Å². The van der Waals surface area contributed by atoms with Crippen molar-refractivity contribution in [3.05, 3.63) is 6.33 Å². The second-order valence-corrected chi connectivity index (χ2v) is 8.97. The average Bonchev–Trinajstić information content (AvgIpc) is 2.82. The highest BCUT2D eigenvalue weighted by Gasteiger charge is 2.14. The van der Waals surface area contributed by atoms with Gasteiger partial charge in [-0.25, -0.2) is 0 Å². The third kappa shape index (κ3) is 13.2. The normalized spacial score (nSPS) is 15.2. The van der Waals surface area contributed by atoms with Crippen molar-refractivity contribution in [2.24, 2.45) is 11.8 Å². The summed E-state index contributed by atoms with van der Waals surface area (Å²) in [5.74, 6) is 1.32. The lowest BCUT2D eigenvalue weighted by Crippen LogP contribution is -2.21. The summed E-state index contributed by atoms with van der Waals surface area (Å²) in [6, 6.07) is 0.263. The molecule has 1 rings (SSSR count). The van der Waals surface area contributed by atoms with Gasteiger partial charge in [0.15, 0.2) is 0 Å². The van der Waals surface area contributed by atoms with Crippen molar-refractivity contribution < 1.29 is 19.7 Å². The van der Waals surface area contributed by atoms with Crippen molar-refractivity contribution in [1.29, 1.82) is 0 Å². The van der Waals surface area contributed by atoms with E-state index in [4.69, 9.17) is 9.47 Å². The number of aromatic nitrogens is 3. The fourth-order valence-electron chi connectivity index (χ4n) is 3.86. The van der Waals surface area contributed by atoms with Crippen LogP contribution in [0.4, 0.5) is 0 Å². The topological polar surface area (TPSA) is 97.6 Å². The fourth-order valence-corrected chi connectivity index (χ4v) is 3.86. The lowest BCUT2D eigenvalue weighted by Gasteiger charge is -2.17. The molecule has 1 heterocycles. The Labute approximate surface area is 195 Å². The largest absolute Gasteiger partial charge is 0.461 e. The molecule has 7 nitrogen and oxygen atoms in total. The molecule has 0 saturated carbocycles. The molecule has 0 bridgehead atoms. The highest BCUT2D eigenvalue weighted by atomic mass is 16.5. The Hall–Kier alpha value is -1.47. The molecular formula is C25H47N3O4. The van der Waals surface area contributed by atoms with Crippen molar-refractivity contribution in [1.82, 2.24) is 15.0 Å². The van der Waals surface area contributed by atoms with Crippen molar-refractivity contribution in [2.75, 3.05) is 13.2 Å². The molecule has 4 unspecified atom stereocenters. The summed E-state index contributed by atoms with van der Waals surface area (Å²) in [4.78, 5) is 12.1. The zero-order valence-electron chi connectivity index (χ0n) is 20.8. The number of aliphatic hydroxyl groups excluding tert-OH is 2. The zero-order chi connectivity index (χ0) is 23.6. The Morgan fingerprint density at radius 3 is 1.50 bits per heavy atom. The third-order valence-corrected chi connectivity index (χ3v) is 6.24. The van der Waals surface area contributed by atoms with Gasteiger partial charge in [-0.05, 0) is 37.5 Å². The summed E-state index contributed by atoms with van der Waals surface area (Å²) in [6.07, 6.45) is 13.3. The van der Waals surface area contributed by atoms with E-state index in [2.05, 4.69) is 42.6 Å². The van der Waals surface area contributed by atoms with E-state index in [0.29, 0.717) is 24.7 Å². The molecule has 0 spiro atoms. The Morgan fingerprint density at radius 1 is 0.688 bits per heavy atom. The van der Waals surface area contributed by atoms with Gasteiger partial charge in [0.05, 0.1) is 12.2 Å². The van der Waals surface area contributed by atoms with Gasteiger partial charge in [-0.2, -0.15) is 9.97 Å². The van der Waals surface area contributed by atoms with Gasteiger partial charge in [-0.15, -0.1) is 4.98 Å². The smallest absolute Gasteiger partial charge is 0.322 e. The van der Waals surface area contributed by atoms with Gasteiger partial charge in [-0.3, -0.25) is 0 Å². The van der Waals surface area contributed by atoms with Gasteiger partial charge >= 0.3 is 12.0 Å².